The average Bonchev–Trinajstić information content (AvgIpc) is 3.10. The number of nitrogens with zero attached hydrogens (tertiary/aromatic N) is 5. The van der Waals surface area contributed by atoms with Gasteiger partial charge in [0, 0.05) is 30.5 Å². The van der Waals surface area contributed by atoms with Crippen LogP contribution in [-0.2, 0) is 24.3 Å². The quantitative estimate of drug-likeness (QED) is 0.499. The van der Waals surface area contributed by atoms with Crippen LogP contribution in [0.4, 0.5) is 16.0 Å². The fraction of sp³-hybridized carbons (Fsp3) is 0.217. The second-order valence-electron chi connectivity index (χ2n) is 7.95. The van der Waals surface area contributed by atoms with Gasteiger partial charge in [-0.25, -0.2) is 23.3 Å². The SMILES string of the molecule is Cc1cc2nn(CC(=O)Nc3ccc(F)c(Cl)c3)c(=O)n2c(N2CCc3ccccc3C2)n1. The minimum absolute atomic E-state index is 0.105. The van der Waals surface area contributed by atoms with E-state index in [9.17, 15) is 14.0 Å². The molecule has 0 bridgehead atoms. The number of hydrogen-bond acceptors (Lipinski definition) is 5. The summed E-state index contributed by atoms with van der Waals surface area (Å²) in [4.78, 5) is 32.4. The van der Waals surface area contributed by atoms with Gasteiger partial charge in [-0.1, -0.05) is 35.9 Å². The molecule has 0 atom stereocenters. The van der Waals surface area contributed by atoms with Crippen molar-refractivity contribution in [2.45, 2.75) is 26.4 Å². The summed E-state index contributed by atoms with van der Waals surface area (Å²) in [6.45, 7) is 2.88. The van der Waals surface area contributed by atoms with Crippen LogP contribution in [0.3, 0.4) is 0 Å². The Bertz CT molecular complexity index is 1450. The highest BCUT2D eigenvalue weighted by Gasteiger charge is 2.23. The highest BCUT2D eigenvalue weighted by molar-refractivity contribution is 6.31. The minimum Gasteiger partial charge on any atom is -0.337 e. The van der Waals surface area contributed by atoms with Gasteiger partial charge >= 0.3 is 5.69 Å². The lowest BCUT2D eigenvalue weighted by atomic mass is 10.0. The van der Waals surface area contributed by atoms with E-state index in [1.54, 1.807) is 6.07 Å². The van der Waals surface area contributed by atoms with Gasteiger partial charge in [0.15, 0.2) is 5.65 Å². The summed E-state index contributed by atoms with van der Waals surface area (Å²) in [5, 5.41) is 6.84. The molecule has 3 heterocycles. The number of rotatable bonds is 4. The monoisotopic (exact) mass is 466 g/mol. The highest BCUT2D eigenvalue weighted by Crippen LogP contribution is 2.23. The van der Waals surface area contributed by atoms with Crippen LogP contribution in [0.25, 0.3) is 5.65 Å². The molecular weight excluding hydrogens is 447 g/mol. The summed E-state index contributed by atoms with van der Waals surface area (Å²) < 4.78 is 15.9. The van der Waals surface area contributed by atoms with E-state index in [1.165, 1.54) is 27.7 Å². The zero-order chi connectivity index (χ0) is 23.1. The number of nitrogens with one attached hydrogen (secondary N) is 1. The Kier molecular flexibility index (Phi) is 5.33. The fourth-order valence-electron chi connectivity index (χ4n) is 4.02. The van der Waals surface area contributed by atoms with Gasteiger partial charge in [-0.15, -0.1) is 5.10 Å². The third kappa shape index (κ3) is 4.07. The molecule has 10 heteroatoms. The molecule has 1 amide bonds. The number of hydrogen-bond donors (Lipinski definition) is 1. The third-order valence-corrected chi connectivity index (χ3v) is 5.88. The second kappa shape index (κ2) is 8.32. The molecule has 0 saturated heterocycles. The molecule has 0 unspecified atom stereocenters. The van der Waals surface area contributed by atoms with Gasteiger partial charge in [-0.2, -0.15) is 0 Å². The minimum atomic E-state index is -0.582. The zero-order valence-electron chi connectivity index (χ0n) is 17.8. The van der Waals surface area contributed by atoms with Gasteiger partial charge in [0.2, 0.25) is 11.9 Å². The Balaban J connectivity index is 1.45. The van der Waals surface area contributed by atoms with Crippen LogP contribution in [0.2, 0.25) is 5.02 Å². The number of aryl methyl sites for hydroxylation is 1. The maximum atomic E-state index is 13.3. The van der Waals surface area contributed by atoms with E-state index in [0.29, 0.717) is 30.4 Å². The van der Waals surface area contributed by atoms with Crippen molar-refractivity contribution in [2.24, 2.45) is 0 Å². The Labute approximate surface area is 193 Å². The normalized spacial score (nSPS) is 13.2. The smallest absolute Gasteiger partial charge is 0.337 e. The van der Waals surface area contributed by atoms with Crippen LogP contribution in [0.15, 0.2) is 53.3 Å². The number of amides is 1. The van der Waals surface area contributed by atoms with Crippen molar-refractivity contribution in [3.63, 3.8) is 0 Å². The molecule has 2 aromatic heterocycles. The molecule has 1 aliphatic heterocycles. The van der Waals surface area contributed by atoms with E-state index in [1.807, 2.05) is 19.1 Å². The first-order chi connectivity index (χ1) is 15.9. The summed E-state index contributed by atoms with van der Waals surface area (Å²) >= 11 is 5.76. The van der Waals surface area contributed by atoms with Gasteiger partial charge in [-0.05, 0) is 42.7 Å². The molecule has 1 aliphatic rings. The predicted molar refractivity (Wildman–Crippen MR) is 123 cm³/mol. The number of fused-ring (bicyclic) bond motifs is 2. The molecule has 0 aliphatic carbocycles. The van der Waals surface area contributed by atoms with Crippen LogP contribution in [0, 0.1) is 12.7 Å². The lowest BCUT2D eigenvalue weighted by molar-refractivity contribution is -0.117. The Morgan fingerprint density at radius 3 is 2.76 bits per heavy atom. The van der Waals surface area contributed by atoms with Crippen molar-refractivity contribution >= 4 is 34.8 Å². The number of anilines is 2. The van der Waals surface area contributed by atoms with Crippen LogP contribution in [-0.4, -0.2) is 31.6 Å². The summed E-state index contributed by atoms with van der Waals surface area (Å²) in [5.41, 5.74) is 3.49. The second-order valence-corrected chi connectivity index (χ2v) is 8.36. The molecule has 0 saturated carbocycles. The first-order valence-corrected chi connectivity index (χ1v) is 10.8. The molecule has 33 heavy (non-hydrogen) atoms. The zero-order valence-corrected chi connectivity index (χ0v) is 18.5. The fourth-order valence-corrected chi connectivity index (χ4v) is 4.21. The van der Waals surface area contributed by atoms with Crippen LogP contribution in [0.1, 0.15) is 16.8 Å². The molecule has 0 radical (unpaired) electrons. The summed E-state index contributed by atoms with van der Waals surface area (Å²) in [6, 6.07) is 13.8. The van der Waals surface area contributed by atoms with E-state index >= 15 is 0 Å². The first-order valence-electron chi connectivity index (χ1n) is 10.4. The number of carbonyl (C=O) groups is 1. The van der Waals surface area contributed by atoms with Crippen molar-refractivity contribution in [1.29, 1.82) is 0 Å². The predicted octanol–water partition coefficient (Wildman–Crippen LogP) is 3.19. The molecule has 168 valence electrons. The Hall–Kier alpha value is -3.72. The summed E-state index contributed by atoms with van der Waals surface area (Å²) in [6.07, 6.45) is 0.846. The van der Waals surface area contributed by atoms with Crippen molar-refractivity contribution in [1.82, 2.24) is 19.2 Å². The van der Waals surface area contributed by atoms with E-state index < -0.39 is 17.4 Å². The summed E-state index contributed by atoms with van der Waals surface area (Å²) in [7, 11) is 0. The van der Waals surface area contributed by atoms with Crippen molar-refractivity contribution < 1.29 is 9.18 Å². The lowest BCUT2D eigenvalue weighted by Gasteiger charge is -2.29. The highest BCUT2D eigenvalue weighted by atomic mass is 35.5. The van der Waals surface area contributed by atoms with Gasteiger partial charge in [0.25, 0.3) is 0 Å². The molecular formula is C23H20ClFN6O2. The first kappa shape index (κ1) is 21.1. The van der Waals surface area contributed by atoms with Gasteiger partial charge < -0.3 is 10.2 Å². The number of aromatic nitrogens is 4. The molecule has 0 fully saturated rings. The Morgan fingerprint density at radius 2 is 1.97 bits per heavy atom. The third-order valence-electron chi connectivity index (χ3n) is 5.59. The summed E-state index contributed by atoms with van der Waals surface area (Å²) in [5.74, 6) is -0.565. The van der Waals surface area contributed by atoms with E-state index in [-0.39, 0.29) is 11.6 Å². The maximum Gasteiger partial charge on any atom is 0.353 e. The molecule has 1 N–H and O–H groups in total. The van der Waals surface area contributed by atoms with Crippen molar-refractivity contribution in [2.75, 3.05) is 16.8 Å². The standard InChI is InChI=1S/C23H20ClFN6O2/c1-14-10-20-28-30(13-21(32)27-17-6-7-19(25)18(24)11-17)23(33)31(20)22(26-14)29-9-8-15-4-2-3-5-16(15)12-29/h2-7,10-11H,8-9,12-13H2,1H3,(H,27,32). The molecule has 8 nitrogen and oxygen atoms in total. The number of benzene rings is 2. The van der Waals surface area contributed by atoms with Crippen LogP contribution < -0.4 is 15.9 Å². The molecule has 0 spiro atoms. The Morgan fingerprint density at radius 1 is 1.18 bits per heavy atom. The van der Waals surface area contributed by atoms with Gasteiger partial charge in [0.1, 0.15) is 12.4 Å². The van der Waals surface area contributed by atoms with Crippen LogP contribution >= 0.6 is 11.6 Å². The van der Waals surface area contributed by atoms with Crippen LogP contribution in [0.5, 0.6) is 0 Å². The van der Waals surface area contributed by atoms with E-state index in [2.05, 4.69) is 32.4 Å². The maximum absolute atomic E-state index is 13.3. The number of halogens is 2. The van der Waals surface area contributed by atoms with Gasteiger partial charge in [-0.3, -0.25) is 4.79 Å². The lowest BCUT2D eigenvalue weighted by Crippen LogP contribution is -2.35. The molecule has 4 aromatic rings. The number of carbonyl (C=O) groups excluding carboxylic acids is 1. The molecule has 2 aromatic carbocycles. The van der Waals surface area contributed by atoms with Crippen molar-refractivity contribution in [3.8, 4) is 0 Å². The molecule has 5 rings (SSSR count). The largest absolute Gasteiger partial charge is 0.353 e. The average molecular weight is 467 g/mol. The van der Waals surface area contributed by atoms with Gasteiger partial charge in [0.05, 0.1) is 5.02 Å². The van der Waals surface area contributed by atoms with E-state index in [4.69, 9.17) is 11.6 Å². The topological polar surface area (TPSA) is 84.5 Å². The van der Waals surface area contributed by atoms with Crippen molar-refractivity contribution in [3.05, 3.63) is 86.7 Å². The van der Waals surface area contributed by atoms with E-state index in [0.717, 1.165) is 22.9 Å².